The highest BCUT2D eigenvalue weighted by atomic mass is 16.6. The maximum Gasteiger partial charge on any atom is 0.275 e. The van der Waals surface area contributed by atoms with Gasteiger partial charge in [-0.2, -0.15) is 0 Å². The Balaban J connectivity index is 2.32. The lowest BCUT2D eigenvalue weighted by Gasteiger charge is -2.31. The van der Waals surface area contributed by atoms with Gasteiger partial charge in [-0.1, -0.05) is 31.4 Å². The molecule has 2 unspecified atom stereocenters. The Bertz CT molecular complexity index is 523. The van der Waals surface area contributed by atoms with Gasteiger partial charge in [-0.15, -0.1) is 0 Å². The Hall–Kier alpha value is -1.75. The molecule has 0 aromatic heterocycles. The second-order valence-electron chi connectivity index (χ2n) is 5.80. The van der Waals surface area contributed by atoms with Crippen molar-refractivity contribution in [1.82, 2.24) is 0 Å². The van der Waals surface area contributed by atoms with Crippen LogP contribution in [0.5, 0.6) is 0 Å². The van der Waals surface area contributed by atoms with Crippen molar-refractivity contribution in [2.24, 2.45) is 11.8 Å². The van der Waals surface area contributed by atoms with Gasteiger partial charge in [0.2, 0.25) is 0 Å². The van der Waals surface area contributed by atoms with E-state index in [-0.39, 0.29) is 23.0 Å². The molecule has 2 atom stereocenters. The first-order chi connectivity index (χ1) is 10.0. The number of benzene rings is 1. The predicted octanol–water partition coefficient (Wildman–Crippen LogP) is 3.41. The molecule has 0 spiro atoms. The van der Waals surface area contributed by atoms with E-state index < -0.39 is 16.9 Å². The summed E-state index contributed by atoms with van der Waals surface area (Å²) in [7, 11) is 0. The molecule has 0 radical (unpaired) electrons. The molecule has 5 heteroatoms. The van der Waals surface area contributed by atoms with Gasteiger partial charge in [0, 0.05) is 6.07 Å². The Morgan fingerprint density at radius 1 is 1.29 bits per heavy atom. The molecule has 1 saturated carbocycles. The molecule has 1 N–H and O–H groups in total. The SMILES string of the molecule is CC(=O)C(C1CCCCC1)C(O)c1ccccc1[N+](=O)[O-]. The van der Waals surface area contributed by atoms with E-state index in [1.165, 1.54) is 13.0 Å². The average Bonchev–Trinajstić information content (AvgIpc) is 2.48. The van der Waals surface area contributed by atoms with E-state index in [1.54, 1.807) is 18.2 Å². The smallest absolute Gasteiger partial charge is 0.275 e. The van der Waals surface area contributed by atoms with Crippen LogP contribution in [0.3, 0.4) is 0 Å². The van der Waals surface area contributed by atoms with Crippen LogP contribution in [-0.2, 0) is 4.79 Å². The Kier molecular flexibility index (Phi) is 5.07. The van der Waals surface area contributed by atoms with E-state index in [2.05, 4.69) is 0 Å². The number of nitrogens with zero attached hydrogens (tertiary/aromatic N) is 1. The zero-order valence-corrected chi connectivity index (χ0v) is 12.2. The number of aliphatic hydroxyl groups excluding tert-OH is 1. The van der Waals surface area contributed by atoms with Crippen LogP contribution in [0.25, 0.3) is 0 Å². The summed E-state index contributed by atoms with van der Waals surface area (Å²) < 4.78 is 0. The molecule has 1 fully saturated rings. The average molecular weight is 291 g/mol. The first-order valence-electron chi connectivity index (χ1n) is 7.44. The minimum absolute atomic E-state index is 0.0902. The number of hydrogen-bond acceptors (Lipinski definition) is 4. The zero-order valence-electron chi connectivity index (χ0n) is 12.2. The summed E-state index contributed by atoms with van der Waals surface area (Å²) in [6, 6.07) is 6.14. The van der Waals surface area contributed by atoms with Gasteiger partial charge in [-0.25, -0.2) is 0 Å². The maximum absolute atomic E-state index is 12.0. The number of aliphatic hydroxyl groups is 1. The van der Waals surface area contributed by atoms with Crippen LogP contribution in [-0.4, -0.2) is 15.8 Å². The largest absolute Gasteiger partial charge is 0.387 e. The van der Waals surface area contributed by atoms with Crippen LogP contribution in [0.4, 0.5) is 5.69 Å². The lowest BCUT2D eigenvalue weighted by atomic mass is 9.74. The molecule has 0 bridgehead atoms. The second-order valence-corrected chi connectivity index (χ2v) is 5.80. The van der Waals surface area contributed by atoms with Crippen molar-refractivity contribution in [2.45, 2.75) is 45.1 Å². The third kappa shape index (κ3) is 3.47. The van der Waals surface area contributed by atoms with E-state index in [9.17, 15) is 20.0 Å². The fourth-order valence-electron chi connectivity index (χ4n) is 3.40. The van der Waals surface area contributed by atoms with Crippen LogP contribution in [0.15, 0.2) is 24.3 Å². The van der Waals surface area contributed by atoms with E-state index in [0.717, 1.165) is 32.1 Å². The van der Waals surface area contributed by atoms with Crippen molar-refractivity contribution in [3.8, 4) is 0 Å². The molecule has 2 rings (SSSR count). The number of nitro groups is 1. The Morgan fingerprint density at radius 2 is 1.90 bits per heavy atom. The number of ketones is 1. The van der Waals surface area contributed by atoms with Crippen molar-refractivity contribution < 1.29 is 14.8 Å². The minimum atomic E-state index is -1.10. The normalized spacial score (nSPS) is 19.0. The molecule has 21 heavy (non-hydrogen) atoms. The summed E-state index contributed by atoms with van der Waals surface area (Å²) >= 11 is 0. The highest BCUT2D eigenvalue weighted by molar-refractivity contribution is 5.79. The summed E-state index contributed by atoms with van der Waals surface area (Å²) in [6.45, 7) is 1.47. The highest BCUT2D eigenvalue weighted by Crippen LogP contribution is 2.39. The molecule has 0 amide bonds. The number of para-hydroxylation sites is 1. The highest BCUT2D eigenvalue weighted by Gasteiger charge is 2.36. The van der Waals surface area contributed by atoms with Crippen molar-refractivity contribution in [3.63, 3.8) is 0 Å². The first kappa shape index (κ1) is 15.6. The number of nitro benzene ring substituents is 1. The van der Waals surface area contributed by atoms with Crippen molar-refractivity contribution >= 4 is 11.5 Å². The van der Waals surface area contributed by atoms with E-state index in [1.807, 2.05) is 0 Å². The Labute approximate surface area is 124 Å². The topological polar surface area (TPSA) is 80.4 Å². The first-order valence-corrected chi connectivity index (χ1v) is 7.44. The molecule has 114 valence electrons. The molecule has 0 aliphatic heterocycles. The molecular formula is C16H21NO4. The third-order valence-corrected chi connectivity index (χ3v) is 4.42. The fourth-order valence-corrected chi connectivity index (χ4v) is 3.40. The van der Waals surface area contributed by atoms with Crippen molar-refractivity contribution in [2.75, 3.05) is 0 Å². The summed E-state index contributed by atoms with van der Waals surface area (Å²) in [6.07, 6.45) is 3.97. The van der Waals surface area contributed by atoms with Crippen LogP contribution < -0.4 is 0 Å². The van der Waals surface area contributed by atoms with Crippen LogP contribution in [0.2, 0.25) is 0 Å². The number of carbonyl (C=O) groups excluding carboxylic acids is 1. The van der Waals surface area contributed by atoms with Crippen molar-refractivity contribution in [1.29, 1.82) is 0 Å². The molecular weight excluding hydrogens is 270 g/mol. The van der Waals surface area contributed by atoms with Gasteiger partial charge < -0.3 is 5.11 Å². The molecule has 1 aromatic carbocycles. The molecule has 5 nitrogen and oxygen atoms in total. The Morgan fingerprint density at radius 3 is 2.48 bits per heavy atom. The molecule has 0 heterocycles. The zero-order chi connectivity index (χ0) is 15.4. The number of rotatable bonds is 5. The maximum atomic E-state index is 12.0. The van der Waals surface area contributed by atoms with Crippen LogP contribution in [0, 0.1) is 22.0 Å². The number of carbonyl (C=O) groups is 1. The predicted molar refractivity (Wildman–Crippen MR) is 78.8 cm³/mol. The summed E-state index contributed by atoms with van der Waals surface area (Å²) in [5.41, 5.74) is 0.125. The van der Waals surface area contributed by atoms with Gasteiger partial charge in [0.1, 0.15) is 5.78 Å². The summed E-state index contributed by atoms with van der Waals surface area (Å²) in [5, 5.41) is 21.7. The monoisotopic (exact) mass is 291 g/mol. The van der Waals surface area contributed by atoms with Crippen molar-refractivity contribution in [3.05, 3.63) is 39.9 Å². The van der Waals surface area contributed by atoms with E-state index in [0.29, 0.717) is 0 Å². The van der Waals surface area contributed by atoms with Gasteiger partial charge in [0.05, 0.1) is 22.5 Å². The molecule has 1 aliphatic rings. The molecule has 1 aromatic rings. The third-order valence-electron chi connectivity index (χ3n) is 4.42. The van der Waals surface area contributed by atoms with Gasteiger partial charge in [-0.3, -0.25) is 14.9 Å². The number of Topliss-reactive ketones (excluding diaryl/α,β-unsaturated/α-hetero) is 1. The minimum Gasteiger partial charge on any atom is -0.387 e. The molecule has 1 aliphatic carbocycles. The fraction of sp³-hybridized carbons (Fsp3) is 0.562. The lowest BCUT2D eigenvalue weighted by molar-refractivity contribution is -0.386. The number of hydrogen-bond donors (Lipinski definition) is 1. The van der Waals surface area contributed by atoms with Gasteiger partial charge >= 0.3 is 0 Å². The van der Waals surface area contributed by atoms with E-state index in [4.69, 9.17) is 0 Å². The standard InChI is InChI=1S/C16H21NO4/c1-11(18)15(12-7-3-2-4-8-12)16(19)13-9-5-6-10-14(13)17(20)21/h5-6,9-10,12,15-16,19H,2-4,7-8H2,1H3. The molecule has 0 saturated heterocycles. The second kappa shape index (κ2) is 6.80. The van der Waals surface area contributed by atoms with Crippen LogP contribution >= 0.6 is 0 Å². The van der Waals surface area contributed by atoms with E-state index >= 15 is 0 Å². The van der Waals surface area contributed by atoms with Gasteiger partial charge in [0.15, 0.2) is 0 Å². The summed E-state index contributed by atoms with van der Waals surface area (Å²) in [5.74, 6) is -0.523. The quantitative estimate of drug-likeness (QED) is 0.666. The summed E-state index contributed by atoms with van der Waals surface area (Å²) in [4.78, 5) is 22.6. The lowest BCUT2D eigenvalue weighted by Crippen LogP contribution is -2.30. The van der Waals surface area contributed by atoms with Crippen LogP contribution in [0.1, 0.15) is 50.7 Å². The van der Waals surface area contributed by atoms with Gasteiger partial charge in [-0.05, 0) is 31.7 Å². The van der Waals surface area contributed by atoms with Gasteiger partial charge in [0.25, 0.3) is 5.69 Å².